The summed E-state index contributed by atoms with van der Waals surface area (Å²) in [4.78, 5) is 2.90. The van der Waals surface area contributed by atoms with Gasteiger partial charge in [-0.3, -0.25) is 4.72 Å². The molecular formula is C16H18N4O4S. The van der Waals surface area contributed by atoms with Gasteiger partial charge in [-0.05, 0) is 25.1 Å². The summed E-state index contributed by atoms with van der Waals surface area (Å²) in [5.41, 5.74) is 0.809. The first-order chi connectivity index (χ1) is 12.0. The number of aromatic nitrogens is 3. The number of hydrogen-bond acceptors (Lipinski definition) is 6. The van der Waals surface area contributed by atoms with Gasteiger partial charge in [-0.2, -0.15) is 0 Å². The summed E-state index contributed by atoms with van der Waals surface area (Å²) in [5.74, 6) is 1.19. The van der Waals surface area contributed by atoms with Crippen molar-refractivity contribution in [3.05, 3.63) is 42.4 Å². The van der Waals surface area contributed by atoms with E-state index in [2.05, 4.69) is 19.9 Å². The van der Waals surface area contributed by atoms with Crippen LogP contribution < -0.4 is 9.46 Å². The van der Waals surface area contributed by atoms with E-state index in [1.807, 2.05) is 13.8 Å². The summed E-state index contributed by atoms with van der Waals surface area (Å²) in [7, 11) is -3.79. The maximum atomic E-state index is 12.6. The van der Waals surface area contributed by atoms with Crippen LogP contribution in [0.3, 0.4) is 0 Å². The number of para-hydroxylation sites is 2. The van der Waals surface area contributed by atoms with Gasteiger partial charge in [0.05, 0.1) is 12.3 Å². The van der Waals surface area contributed by atoms with Crippen LogP contribution in [-0.4, -0.2) is 30.2 Å². The maximum absolute atomic E-state index is 12.6. The van der Waals surface area contributed by atoms with E-state index in [1.165, 1.54) is 12.3 Å². The van der Waals surface area contributed by atoms with Crippen LogP contribution in [0, 0.1) is 0 Å². The molecule has 0 atom stereocenters. The third kappa shape index (κ3) is 3.66. The van der Waals surface area contributed by atoms with Crippen molar-refractivity contribution in [3.63, 3.8) is 0 Å². The van der Waals surface area contributed by atoms with Crippen molar-refractivity contribution in [1.29, 1.82) is 0 Å². The standard InChI is InChI=1S/C16H18N4O4S/c1-3-15-18-19-16(24-15)13-9-11(10-17-13)25(21,22)20-12-7-5-6-8-14(12)23-4-2/h5-10,17,20H,3-4H2,1-2H3. The number of nitrogens with zero attached hydrogens (tertiary/aromatic N) is 2. The summed E-state index contributed by atoms with van der Waals surface area (Å²) in [5, 5.41) is 7.76. The van der Waals surface area contributed by atoms with Crippen LogP contribution in [0.2, 0.25) is 0 Å². The van der Waals surface area contributed by atoms with Crippen molar-refractivity contribution in [2.45, 2.75) is 25.2 Å². The van der Waals surface area contributed by atoms with Crippen LogP contribution in [0.1, 0.15) is 19.7 Å². The van der Waals surface area contributed by atoms with Gasteiger partial charge in [-0.15, -0.1) is 10.2 Å². The Morgan fingerprint density at radius 3 is 2.76 bits per heavy atom. The molecule has 2 N–H and O–H groups in total. The van der Waals surface area contributed by atoms with Crippen LogP contribution in [0.5, 0.6) is 5.75 Å². The number of hydrogen-bond donors (Lipinski definition) is 2. The fraction of sp³-hybridized carbons (Fsp3) is 0.250. The van der Waals surface area contributed by atoms with E-state index in [9.17, 15) is 8.42 Å². The molecule has 3 rings (SSSR count). The fourth-order valence-electron chi connectivity index (χ4n) is 2.19. The molecule has 0 spiro atoms. The third-order valence-corrected chi connectivity index (χ3v) is 4.74. The van der Waals surface area contributed by atoms with E-state index in [4.69, 9.17) is 9.15 Å². The molecule has 0 aliphatic heterocycles. The second-order valence-electron chi connectivity index (χ2n) is 5.14. The summed E-state index contributed by atoms with van der Waals surface area (Å²) >= 11 is 0. The van der Waals surface area contributed by atoms with E-state index in [0.29, 0.717) is 36.0 Å². The van der Waals surface area contributed by atoms with Crippen LogP contribution in [0.25, 0.3) is 11.6 Å². The van der Waals surface area contributed by atoms with Gasteiger partial charge >= 0.3 is 0 Å². The van der Waals surface area contributed by atoms with Crippen LogP contribution in [0.15, 0.2) is 45.8 Å². The summed E-state index contributed by atoms with van der Waals surface area (Å²) in [6, 6.07) is 8.29. The number of aryl methyl sites for hydroxylation is 1. The smallest absolute Gasteiger partial charge is 0.264 e. The Hall–Kier alpha value is -2.81. The third-order valence-electron chi connectivity index (χ3n) is 3.40. The highest BCUT2D eigenvalue weighted by Crippen LogP contribution is 2.28. The van der Waals surface area contributed by atoms with Gasteiger partial charge in [-0.1, -0.05) is 19.1 Å². The molecule has 0 aliphatic carbocycles. The van der Waals surface area contributed by atoms with Crippen LogP contribution in [0.4, 0.5) is 5.69 Å². The zero-order valence-electron chi connectivity index (χ0n) is 13.8. The summed E-state index contributed by atoms with van der Waals surface area (Å²) < 4.78 is 38.6. The minimum absolute atomic E-state index is 0.0602. The first-order valence-corrected chi connectivity index (χ1v) is 9.27. The van der Waals surface area contributed by atoms with E-state index in [1.54, 1.807) is 24.3 Å². The highest BCUT2D eigenvalue weighted by atomic mass is 32.2. The Labute approximate surface area is 145 Å². The van der Waals surface area contributed by atoms with Gasteiger partial charge in [0.1, 0.15) is 16.3 Å². The second-order valence-corrected chi connectivity index (χ2v) is 6.82. The zero-order valence-corrected chi connectivity index (χ0v) is 14.6. The van der Waals surface area contributed by atoms with E-state index in [0.717, 1.165) is 0 Å². The van der Waals surface area contributed by atoms with Crippen LogP contribution >= 0.6 is 0 Å². The van der Waals surface area contributed by atoms with Crippen molar-refractivity contribution in [3.8, 4) is 17.3 Å². The van der Waals surface area contributed by atoms with Crippen molar-refractivity contribution in [2.24, 2.45) is 0 Å². The SMILES string of the molecule is CCOc1ccccc1NS(=O)(=O)c1c[nH]c(-c2nnc(CC)o2)c1. The lowest BCUT2D eigenvalue weighted by atomic mass is 10.3. The van der Waals surface area contributed by atoms with Gasteiger partial charge in [0.25, 0.3) is 15.9 Å². The molecule has 0 amide bonds. The van der Waals surface area contributed by atoms with Crippen molar-refractivity contribution in [2.75, 3.05) is 11.3 Å². The van der Waals surface area contributed by atoms with E-state index >= 15 is 0 Å². The molecule has 0 fully saturated rings. The lowest BCUT2D eigenvalue weighted by Crippen LogP contribution is -2.13. The molecule has 1 aromatic carbocycles. The quantitative estimate of drug-likeness (QED) is 0.669. The maximum Gasteiger partial charge on any atom is 0.264 e. The number of aromatic amines is 1. The first-order valence-electron chi connectivity index (χ1n) is 7.79. The Morgan fingerprint density at radius 1 is 1.24 bits per heavy atom. The molecular weight excluding hydrogens is 344 g/mol. The molecule has 9 heteroatoms. The number of nitrogens with one attached hydrogen (secondary N) is 2. The molecule has 0 saturated carbocycles. The lowest BCUT2D eigenvalue weighted by molar-refractivity contribution is 0.342. The Morgan fingerprint density at radius 2 is 2.04 bits per heavy atom. The number of sulfonamides is 1. The number of H-pyrrole nitrogens is 1. The molecule has 8 nitrogen and oxygen atoms in total. The van der Waals surface area contributed by atoms with Gasteiger partial charge in [0.15, 0.2) is 0 Å². The van der Waals surface area contributed by atoms with Crippen LogP contribution in [-0.2, 0) is 16.4 Å². The van der Waals surface area contributed by atoms with E-state index in [-0.39, 0.29) is 10.8 Å². The Balaban J connectivity index is 1.86. The highest BCUT2D eigenvalue weighted by molar-refractivity contribution is 7.92. The summed E-state index contributed by atoms with van der Waals surface area (Å²) in [6.07, 6.45) is 1.98. The number of ether oxygens (including phenoxy) is 1. The largest absolute Gasteiger partial charge is 0.492 e. The van der Waals surface area contributed by atoms with Gasteiger partial charge in [0, 0.05) is 12.6 Å². The molecule has 3 aromatic rings. The first kappa shape index (κ1) is 17.0. The predicted molar refractivity (Wildman–Crippen MR) is 91.9 cm³/mol. The van der Waals surface area contributed by atoms with Gasteiger partial charge in [-0.25, -0.2) is 8.42 Å². The van der Waals surface area contributed by atoms with Crippen molar-refractivity contribution in [1.82, 2.24) is 15.2 Å². The lowest BCUT2D eigenvalue weighted by Gasteiger charge is -2.11. The molecule has 2 heterocycles. The Kier molecular flexibility index (Phi) is 4.75. The monoisotopic (exact) mass is 362 g/mol. The molecule has 0 unspecified atom stereocenters. The number of anilines is 1. The van der Waals surface area contributed by atoms with Gasteiger partial charge in [0.2, 0.25) is 5.89 Å². The van der Waals surface area contributed by atoms with E-state index < -0.39 is 10.0 Å². The molecule has 0 bridgehead atoms. The fourth-order valence-corrected chi connectivity index (χ4v) is 3.26. The molecule has 132 valence electrons. The summed E-state index contributed by atoms with van der Waals surface area (Å²) in [6.45, 7) is 4.16. The Bertz CT molecular complexity index is 962. The minimum atomic E-state index is -3.79. The molecule has 0 radical (unpaired) electrons. The molecule has 25 heavy (non-hydrogen) atoms. The molecule has 0 aliphatic rings. The molecule has 0 saturated heterocycles. The van der Waals surface area contributed by atoms with Crippen molar-refractivity contribution >= 4 is 15.7 Å². The average molecular weight is 362 g/mol. The zero-order chi connectivity index (χ0) is 17.9. The highest BCUT2D eigenvalue weighted by Gasteiger charge is 2.20. The predicted octanol–water partition coefficient (Wildman–Crippen LogP) is 2.83. The van der Waals surface area contributed by atoms with Crippen molar-refractivity contribution < 1.29 is 17.6 Å². The van der Waals surface area contributed by atoms with Gasteiger partial charge < -0.3 is 14.1 Å². The average Bonchev–Trinajstić information content (AvgIpc) is 3.26. The second kappa shape index (κ2) is 6.98. The minimum Gasteiger partial charge on any atom is -0.492 e. The topological polar surface area (TPSA) is 110 Å². The number of rotatable bonds is 7. The molecule has 2 aromatic heterocycles. The number of benzene rings is 1. The normalized spacial score (nSPS) is 11.4.